The number of hydrogen-bond donors (Lipinski definition) is 1. The van der Waals surface area contributed by atoms with E-state index in [0.29, 0.717) is 25.9 Å². The third-order valence-electron chi connectivity index (χ3n) is 3.20. The van der Waals surface area contributed by atoms with Gasteiger partial charge in [-0.3, -0.25) is 14.5 Å². The molecular formula is C12H22N2O2. The molecule has 2 N–H and O–H groups in total. The second-order valence-corrected chi connectivity index (χ2v) is 5.26. The second kappa shape index (κ2) is 5.43. The van der Waals surface area contributed by atoms with Gasteiger partial charge in [0.1, 0.15) is 0 Å². The molecule has 2 amide bonds. The molecule has 92 valence electrons. The van der Waals surface area contributed by atoms with Crippen LogP contribution in [0.5, 0.6) is 0 Å². The van der Waals surface area contributed by atoms with E-state index in [1.165, 1.54) is 4.90 Å². The summed E-state index contributed by atoms with van der Waals surface area (Å²) in [7, 11) is 0. The average Bonchev–Trinajstić information content (AvgIpc) is 2.38. The maximum Gasteiger partial charge on any atom is 0.229 e. The number of carbonyl (C=O) groups excluding carboxylic acids is 2. The first-order valence-electron chi connectivity index (χ1n) is 5.99. The van der Waals surface area contributed by atoms with E-state index in [1.54, 1.807) is 0 Å². The molecule has 1 rings (SSSR count). The smallest absolute Gasteiger partial charge is 0.229 e. The fraction of sp³-hybridized carbons (Fsp3) is 0.833. The van der Waals surface area contributed by atoms with E-state index in [2.05, 4.69) is 13.8 Å². The normalized spacial score (nSPS) is 18.8. The molecule has 0 aliphatic carbocycles. The lowest BCUT2D eigenvalue weighted by molar-refractivity contribution is -0.144. The summed E-state index contributed by atoms with van der Waals surface area (Å²) >= 11 is 0. The summed E-state index contributed by atoms with van der Waals surface area (Å²) in [5, 5.41) is 0. The van der Waals surface area contributed by atoms with Gasteiger partial charge in [-0.2, -0.15) is 0 Å². The van der Waals surface area contributed by atoms with Crippen LogP contribution in [-0.2, 0) is 9.59 Å². The molecule has 0 atom stereocenters. The van der Waals surface area contributed by atoms with Gasteiger partial charge in [0.05, 0.1) is 0 Å². The minimum atomic E-state index is -0.0182. The summed E-state index contributed by atoms with van der Waals surface area (Å²) in [6, 6.07) is 0. The SMILES string of the molecule is CC(C)(CN)CCN1C(=O)CCCCC1=O. The summed E-state index contributed by atoms with van der Waals surface area (Å²) in [6.07, 6.45) is 3.47. The third-order valence-corrected chi connectivity index (χ3v) is 3.20. The van der Waals surface area contributed by atoms with Crippen molar-refractivity contribution in [2.24, 2.45) is 11.1 Å². The Labute approximate surface area is 97.2 Å². The van der Waals surface area contributed by atoms with Gasteiger partial charge in [-0.15, -0.1) is 0 Å². The minimum absolute atomic E-state index is 0.00708. The van der Waals surface area contributed by atoms with E-state index in [9.17, 15) is 9.59 Å². The van der Waals surface area contributed by atoms with Crippen molar-refractivity contribution in [2.45, 2.75) is 46.0 Å². The lowest BCUT2D eigenvalue weighted by Gasteiger charge is -2.26. The van der Waals surface area contributed by atoms with Crippen molar-refractivity contribution in [3.8, 4) is 0 Å². The molecule has 0 aromatic heterocycles. The molecule has 0 radical (unpaired) electrons. The molecule has 0 unspecified atom stereocenters. The van der Waals surface area contributed by atoms with Crippen LogP contribution in [-0.4, -0.2) is 29.8 Å². The Morgan fingerprint density at radius 1 is 1.19 bits per heavy atom. The van der Waals surface area contributed by atoms with Crippen LogP contribution in [0.3, 0.4) is 0 Å². The van der Waals surface area contributed by atoms with Crippen molar-refractivity contribution in [3.05, 3.63) is 0 Å². The zero-order valence-electron chi connectivity index (χ0n) is 10.3. The highest BCUT2D eigenvalue weighted by atomic mass is 16.2. The van der Waals surface area contributed by atoms with Crippen LogP contribution in [0.4, 0.5) is 0 Å². The highest BCUT2D eigenvalue weighted by molar-refractivity contribution is 5.95. The molecule has 0 aromatic rings. The standard InChI is InChI=1S/C12H22N2O2/c1-12(2,9-13)7-8-14-10(15)5-3-4-6-11(14)16/h3-9,13H2,1-2H3. The number of hydrogen-bond acceptors (Lipinski definition) is 3. The van der Waals surface area contributed by atoms with Crippen LogP contribution in [0.15, 0.2) is 0 Å². The Balaban J connectivity index is 2.56. The van der Waals surface area contributed by atoms with Crippen molar-refractivity contribution in [1.29, 1.82) is 0 Å². The zero-order valence-corrected chi connectivity index (χ0v) is 10.3. The molecule has 1 aliphatic heterocycles. The van der Waals surface area contributed by atoms with Gasteiger partial charge in [0.2, 0.25) is 11.8 Å². The molecule has 0 saturated carbocycles. The Morgan fingerprint density at radius 2 is 1.69 bits per heavy atom. The van der Waals surface area contributed by atoms with Crippen LogP contribution in [0.2, 0.25) is 0 Å². The third kappa shape index (κ3) is 3.59. The molecule has 1 aliphatic rings. The minimum Gasteiger partial charge on any atom is -0.330 e. The van der Waals surface area contributed by atoms with Crippen molar-refractivity contribution < 1.29 is 9.59 Å². The van der Waals surface area contributed by atoms with E-state index in [-0.39, 0.29) is 17.2 Å². The topological polar surface area (TPSA) is 63.4 Å². The highest BCUT2D eigenvalue weighted by Gasteiger charge is 2.26. The van der Waals surface area contributed by atoms with E-state index >= 15 is 0 Å². The number of nitrogens with two attached hydrogens (primary N) is 1. The summed E-state index contributed by atoms with van der Waals surface area (Å²) in [6.45, 7) is 5.20. The molecule has 0 spiro atoms. The van der Waals surface area contributed by atoms with E-state index in [4.69, 9.17) is 5.73 Å². The van der Waals surface area contributed by atoms with Gasteiger partial charge in [0.15, 0.2) is 0 Å². The molecule has 1 saturated heterocycles. The molecule has 1 fully saturated rings. The van der Waals surface area contributed by atoms with Gasteiger partial charge in [-0.25, -0.2) is 0 Å². The average molecular weight is 226 g/mol. The highest BCUT2D eigenvalue weighted by Crippen LogP contribution is 2.20. The van der Waals surface area contributed by atoms with E-state index < -0.39 is 0 Å². The summed E-state index contributed by atoms with van der Waals surface area (Å²) in [5.41, 5.74) is 5.63. The first-order chi connectivity index (χ1) is 7.46. The molecule has 0 bridgehead atoms. The summed E-state index contributed by atoms with van der Waals surface area (Å²) in [5.74, 6) is -0.0364. The van der Waals surface area contributed by atoms with Gasteiger partial charge < -0.3 is 5.73 Å². The van der Waals surface area contributed by atoms with Crippen molar-refractivity contribution in [1.82, 2.24) is 4.90 Å². The van der Waals surface area contributed by atoms with Gasteiger partial charge in [-0.05, 0) is 31.2 Å². The Morgan fingerprint density at radius 3 is 2.12 bits per heavy atom. The van der Waals surface area contributed by atoms with Gasteiger partial charge >= 0.3 is 0 Å². The Hall–Kier alpha value is -0.900. The fourth-order valence-electron chi connectivity index (χ4n) is 1.73. The lowest BCUT2D eigenvalue weighted by Crippen LogP contribution is -2.38. The number of nitrogens with zero attached hydrogens (tertiary/aromatic N) is 1. The number of imide groups is 1. The molecule has 4 heteroatoms. The van der Waals surface area contributed by atoms with E-state index in [0.717, 1.165) is 19.3 Å². The number of amides is 2. The Kier molecular flexibility index (Phi) is 4.47. The van der Waals surface area contributed by atoms with Gasteiger partial charge in [0.25, 0.3) is 0 Å². The van der Waals surface area contributed by atoms with Crippen molar-refractivity contribution in [2.75, 3.05) is 13.1 Å². The summed E-state index contributed by atoms with van der Waals surface area (Å²) < 4.78 is 0. The first-order valence-corrected chi connectivity index (χ1v) is 5.99. The first kappa shape index (κ1) is 13.2. The quantitative estimate of drug-likeness (QED) is 0.735. The van der Waals surface area contributed by atoms with Crippen LogP contribution in [0.1, 0.15) is 46.0 Å². The number of carbonyl (C=O) groups is 2. The fourth-order valence-corrected chi connectivity index (χ4v) is 1.73. The number of likely N-dealkylation sites (tertiary alicyclic amines) is 1. The maximum atomic E-state index is 11.7. The van der Waals surface area contributed by atoms with Crippen molar-refractivity contribution in [3.63, 3.8) is 0 Å². The second-order valence-electron chi connectivity index (χ2n) is 5.26. The van der Waals surface area contributed by atoms with Crippen LogP contribution in [0.25, 0.3) is 0 Å². The van der Waals surface area contributed by atoms with Crippen molar-refractivity contribution >= 4 is 11.8 Å². The van der Waals surface area contributed by atoms with E-state index in [1.807, 2.05) is 0 Å². The zero-order chi connectivity index (χ0) is 12.2. The predicted octanol–water partition coefficient (Wildman–Crippen LogP) is 1.29. The Bertz CT molecular complexity index is 256. The predicted molar refractivity (Wildman–Crippen MR) is 62.6 cm³/mol. The number of rotatable bonds is 4. The molecular weight excluding hydrogens is 204 g/mol. The largest absolute Gasteiger partial charge is 0.330 e. The molecule has 1 heterocycles. The maximum absolute atomic E-state index is 11.7. The molecule has 16 heavy (non-hydrogen) atoms. The van der Waals surface area contributed by atoms with Crippen LogP contribution in [0, 0.1) is 5.41 Å². The van der Waals surface area contributed by atoms with Gasteiger partial charge in [0, 0.05) is 19.4 Å². The van der Waals surface area contributed by atoms with Crippen LogP contribution >= 0.6 is 0 Å². The monoisotopic (exact) mass is 226 g/mol. The lowest BCUT2D eigenvalue weighted by atomic mass is 9.89. The van der Waals surface area contributed by atoms with Gasteiger partial charge in [-0.1, -0.05) is 13.8 Å². The molecule has 0 aromatic carbocycles. The van der Waals surface area contributed by atoms with Crippen LogP contribution < -0.4 is 5.73 Å². The summed E-state index contributed by atoms with van der Waals surface area (Å²) in [4.78, 5) is 24.8. The molecule has 4 nitrogen and oxygen atoms in total.